The van der Waals surface area contributed by atoms with Crippen LogP contribution in [0.1, 0.15) is 5.56 Å². The molecule has 0 aliphatic carbocycles. The average Bonchev–Trinajstić information content (AvgIpc) is 2.65. The maximum atomic E-state index is 12.5. The van der Waals surface area contributed by atoms with Crippen LogP contribution in [0, 0.1) is 0 Å². The van der Waals surface area contributed by atoms with Crippen molar-refractivity contribution in [2.24, 2.45) is 0 Å². The fourth-order valence-corrected chi connectivity index (χ4v) is 3.62. The lowest BCUT2D eigenvalue weighted by atomic mass is 10.1. The molecule has 0 atom stereocenters. The smallest absolute Gasteiger partial charge is 0.265 e. The third-order valence-electron chi connectivity index (χ3n) is 3.74. The van der Waals surface area contributed by atoms with Crippen LogP contribution < -0.4 is 5.32 Å². The molecule has 136 valence electrons. The van der Waals surface area contributed by atoms with Gasteiger partial charge in [-0.05, 0) is 60.3 Å². The number of nitrogens with one attached hydrogen (secondary N) is 1. The zero-order valence-corrected chi connectivity index (χ0v) is 16.5. The molecule has 4 nitrogen and oxygen atoms in total. The summed E-state index contributed by atoms with van der Waals surface area (Å²) < 4.78 is 0. The topological polar surface area (TPSA) is 49.4 Å². The van der Waals surface area contributed by atoms with E-state index in [0.717, 1.165) is 15.4 Å². The first-order valence-corrected chi connectivity index (χ1v) is 9.61. The van der Waals surface area contributed by atoms with Gasteiger partial charge in [-0.1, -0.05) is 41.6 Å². The number of carbonyl (C=O) groups is 2. The van der Waals surface area contributed by atoms with Gasteiger partial charge < -0.3 is 0 Å². The van der Waals surface area contributed by atoms with E-state index in [-0.39, 0.29) is 17.2 Å². The predicted octanol–water partition coefficient (Wildman–Crippen LogP) is 4.30. The number of carbonyl (C=O) groups excluding carboxylic acids is 2. The number of nitrogens with zero attached hydrogens (tertiary/aromatic N) is 1. The number of amides is 2. The van der Waals surface area contributed by atoms with Gasteiger partial charge in [-0.3, -0.25) is 19.8 Å². The minimum atomic E-state index is -0.495. The molecule has 0 radical (unpaired) electrons. The number of halogens is 1. The zero-order valence-electron chi connectivity index (χ0n) is 14.1. The Morgan fingerprint density at radius 1 is 1.07 bits per heavy atom. The molecule has 1 fully saturated rings. The van der Waals surface area contributed by atoms with Crippen molar-refractivity contribution in [1.29, 1.82) is 0 Å². The van der Waals surface area contributed by atoms with Crippen molar-refractivity contribution in [3.05, 3.63) is 77.3 Å². The first-order valence-electron chi connectivity index (χ1n) is 8.01. The molecular formula is C20H15ClN2O2S2. The van der Waals surface area contributed by atoms with Crippen LogP contribution in [0.25, 0.3) is 6.08 Å². The van der Waals surface area contributed by atoms with Crippen molar-refractivity contribution in [3.8, 4) is 0 Å². The molecule has 2 aromatic rings. The third kappa shape index (κ3) is 4.66. The van der Waals surface area contributed by atoms with E-state index < -0.39 is 11.8 Å². The number of hydrogen-bond acceptors (Lipinski definition) is 4. The first-order chi connectivity index (χ1) is 13.0. The van der Waals surface area contributed by atoms with Gasteiger partial charge in [0.25, 0.3) is 11.8 Å². The Morgan fingerprint density at radius 2 is 1.67 bits per heavy atom. The van der Waals surface area contributed by atoms with Gasteiger partial charge >= 0.3 is 0 Å². The number of rotatable bonds is 5. The molecule has 7 heteroatoms. The lowest BCUT2D eigenvalue weighted by molar-refractivity contribution is -0.128. The van der Waals surface area contributed by atoms with Gasteiger partial charge in [0.1, 0.15) is 5.57 Å². The summed E-state index contributed by atoms with van der Waals surface area (Å²) in [6.45, 7) is 3.85. The SMILES string of the molecule is C=CCN1C(=O)C(=Cc2ccc(Sc3ccc(Cl)cc3)cc2)C(=O)NC1=S. The van der Waals surface area contributed by atoms with Gasteiger partial charge in [-0.15, -0.1) is 6.58 Å². The summed E-state index contributed by atoms with van der Waals surface area (Å²) in [7, 11) is 0. The Kier molecular flexibility index (Phi) is 6.11. The maximum absolute atomic E-state index is 12.5. The van der Waals surface area contributed by atoms with Gasteiger partial charge in [0.15, 0.2) is 5.11 Å². The highest BCUT2D eigenvalue weighted by Gasteiger charge is 2.32. The van der Waals surface area contributed by atoms with Crippen LogP contribution in [-0.2, 0) is 9.59 Å². The Hall–Kier alpha value is -2.41. The van der Waals surface area contributed by atoms with Crippen molar-refractivity contribution in [1.82, 2.24) is 10.2 Å². The van der Waals surface area contributed by atoms with Crippen molar-refractivity contribution in [3.63, 3.8) is 0 Å². The van der Waals surface area contributed by atoms with E-state index in [1.165, 1.54) is 4.90 Å². The van der Waals surface area contributed by atoms with E-state index in [2.05, 4.69) is 11.9 Å². The Labute approximate surface area is 171 Å². The van der Waals surface area contributed by atoms with Crippen LogP contribution in [0.3, 0.4) is 0 Å². The van der Waals surface area contributed by atoms with E-state index >= 15 is 0 Å². The summed E-state index contributed by atoms with van der Waals surface area (Å²) in [5.74, 6) is -0.923. The quantitative estimate of drug-likeness (QED) is 0.343. The van der Waals surface area contributed by atoms with Gasteiger partial charge in [-0.2, -0.15) is 0 Å². The van der Waals surface area contributed by atoms with Crippen LogP contribution in [0.5, 0.6) is 0 Å². The summed E-state index contributed by atoms with van der Waals surface area (Å²) in [6, 6.07) is 15.2. The normalized spacial score (nSPS) is 15.8. The lowest BCUT2D eigenvalue weighted by Gasteiger charge is -2.27. The van der Waals surface area contributed by atoms with Crippen LogP contribution >= 0.6 is 35.6 Å². The van der Waals surface area contributed by atoms with E-state index in [9.17, 15) is 9.59 Å². The van der Waals surface area contributed by atoms with Crippen molar-refractivity contribution in [2.75, 3.05) is 6.54 Å². The highest BCUT2D eigenvalue weighted by Crippen LogP contribution is 2.29. The van der Waals surface area contributed by atoms with Crippen molar-refractivity contribution < 1.29 is 9.59 Å². The van der Waals surface area contributed by atoms with Crippen LogP contribution in [0.4, 0.5) is 0 Å². The summed E-state index contributed by atoms with van der Waals surface area (Å²) in [4.78, 5) is 28.1. The summed E-state index contributed by atoms with van der Waals surface area (Å²) in [5, 5.41) is 3.32. The molecule has 1 heterocycles. The minimum Gasteiger partial charge on any atom is -0.298 e. The Bertz CT molecular complexity index is 937. The first kappa shape index (κ1) is 19.4. The van der Waals surface area contributed by atoms with Gasteiger partial charge in [0.05, 0.1) is 0 Å². The van der Waals surface area contributed by atoms with E-state index in [1.54, 1.807) is 23.9 Å². The van der Waals surface area contributed by atoms with E-state index in [1.807, 2.05) is 48.5 Å². The minimum absolute atomic E-state index is 0.0450. The Morgan fingerprint density at radius 3 is 2.26 bits per heavy atom. The zero-order chi connectivity index (χ0) is 19.4. The monoisotopic (exact) mass is 414 g/mol. The molecule has 2 aromatic carbocycles. The molecule has 0 unspecified atom stereocenters. The predicted molar refractivity (Wildman–Crippen MR) is 113 cm³/mol. The highest BCUT2D eigenvalue weighted by molar-refractivity contribution is 7.99. The summed E-state index contributed by atoms with van der Waals surface area (Å²) in [5.41, 5.74) is 0.795. The fraction of sp³-hybridized carbons (Fsp3) is 0.0500. The molecule has 27 heavy (non-hydrogen) atoms. The van der Waals surface area contributed by atoms with Crippen LogP contribution in [-0.4, -0.2) is 28.4 Å². The fourth-order valence-electron chi connectivity index (χ4n) is 2.43. The number of thiocarbonyl (C=S) groups is 1. The molecule has 2 amide bonds. The van der Waals surface area contributed by atoms with Gasteiger partial charge in [-0.25, -0.2) is 0 Å². The molecular weight excluding hydrogens is 400 g/mol. The second-order valence-corrected chi connectivity index (χ2v) is 7.62. The molecule has 1 aliphatic rings. The number of benzene rings is 2. The standard InChI is InChI=1S/C20H15ClN2O2S2/c1-2-11-23-19(25)17(18(24)22-20(23)26)12-13-3-7-15(8-4-13)27-16-9-5-14(21)6-10-16/h2-10,12H,1,11H2,(H,22,24,26). The molecule has 0 saturated carbocycles. The molecule has 0 bridgehead atoms. The number of hydrogen-bond donors (Lipinski definition) is 1. The second-order valence-electron chi connectivity index (χ2n) is 5.65. The van der Waals surface area contributed by atoms with Gasteiger partial charge in [0, 0.05) is 21.4 Å². The van der Waals surface area contributed by atoms with E-state index in [4.69, 9.17) is 23.8 Å². The second kappa shape index (κ2) is 8.52. The summed E-state index contributed by atoms with van der Waals surface area (Å²) >= 11 is 12.5. The van der Waals surface area contributed by atoms with Crippen molar-refractivity contribution >= 4 is 58.6 Å². The molecule has 1 N–H and O–H groups in total. The molecule has 0 aromatic heterocycles. The van der Waals surface area contributed by atoms with Crippen LogP contribution in [0.2, 0.25) is 5.02 Å². The summed E-state index contributed by atoms with van der Waals surface area (Å²) in [6.07, 6.45) is 3.12. The molecule has 3 rings (SSSR count). The third-order valence-corrected chi connectivity index (χ3v) is 5.33. The van der Waals surface area contributed by atoms with Crippen LogP contribution in [0.15, 0.2) is 76.5 Å². The molecule has 0 spiro atoms. The highest BCUT2D eigenvalue weighted by atomic mass is 35.5. The largest absolute Gasteiger partial charge is 0.298 e. The lowest BCUT2D eigenvalue weighted by Crippen LogP contribution is -2.53. The average molecular weight is 415 g/mol. The van der Waals surface area contributed by atoms with Gasteiger partial charge in [0.2, 0.25) is 0 Å². The van der Waals surface area contributed by atoms with Crippen molar-refractivity contribution in [2.45, 2.75) is 9.79 Å². The molecule has 1 aliphatic heterocycles. The maximum Gasteiger partial charge on any atom is 0.265 e. The molecule has 1 saturated heterocycles. The van der Waals surface area contributed by atoms with E-state index in [0.29, 0.717) is 5.02 Å². The Balaban J connectivity index is 1.78.